The normalized spacial score (nSPS) is 11.2. The molecule has 0 spiro atoms. The van der Waals surface area contributed by atoms with Crippen LogP contribution >= 0.6 is 11.6 Å². The molecule has 0 aliphatic heterocycles. The average molecular weight is 461 g/mol. The quantitative estimate of drug-likeness (QED) is 0.359. The van der Waals surface area contributed by atoms with Crippen LogP contribution in [0, 0.1) is 0 Å². The summed E-state index contributed by atoms with van der Waals surface area (Å²) in [5.74, 6) is 1.83. The van der Waals surface area contributed by atoms with E-state index in [2.05, 4.69) is 88.1 Å². The van der Waals surface area contributed by atoms with Crippen molar-refractivity contribution < 1.29 is 0 Å². The Morgan fingerprint density at radius 1 is 0.909 bits per heavy atom. The maximum absolute atomic E-state index is 6.52. The van der Waals surface area contributed by atoms with Crippen molar-refractivity contribution in [3.05, 3.63) is 65.1 Å². The SMILES string of the molecule is CCCCc1nc(Cl)c(-c2nn[nH]n2)n1Cc1ccc(-c2ccccc2)c(-c2nn[nH]n2)c1. The number of hydrogen-bond donors (Lipinski definition) is 2. The third-order valence-electron chi connectivity index (χ3n) is 5.41. The van der Waals surface area contributed by atoms with E-state index in [1.165, 1.54) is 0 Å². The third kappa shape index (κ3) is 4.24. The molecule has 166 valence electrons. The third-order valence-corrected chi connectivity index (χ3v) is 5.67. The number of hydrogen-bond acceptors (Lipinski definition) is 7. The van der Waals surface area contributed by atoms with Crippen LogP contribution in [-0.2, 0) is 13.0 Å². The molecule has 0 saturated carbocycles. The highest BCUT2D eigenvalue weighted by Gasteiger charge is 2.21. The molecular formula is C22H21ClN10. The van der Waals surface area contributed by atoms with Crippen molar-refractivity contribution in [2.45, 2.75) is 32.7 Å². The van der Waals surface area contributed by atoms with Crippen molar-refractivity contribution in [2.75, 3.05) is 0 Å². The van der Waals surface area contributed by atoms with E-state index in [9.17, 15) is 0 Å². The number of unbranched alkanes of at least 4 members (excludes halogenated alkanes) is 1. The summed E-state index contributed by atoms with van der Waals surface area (Å²) in [6, 6.07) is 16.4. The van der Waals surface area contributed by atoms with E-state index in [4.69, 9.17) is 11.6 Å². The van der Waals surface area contributed by atoms with Crippen LogP contribution in [0.5, 0.6) is 0 Å². The van der Waals surface area contributed by atoms with Crippen molar-refractivity contribution in [2.24, 2.45) is 0 Å². The van der Waals surface area contributed by atoms with Gasteiger partial charge in [0.2, 0.25) is 11.6 Å². The molecule has 5 rings (SSSR count). The molecule has 0 amide bonds. The molecular weight excluding hydrogens is 440 g/mol. The van der Waals surface area contributed by atoms with E-state index >= 15 is 0 Å². The second-order valence-electron chi connectivity index (χ2n) is 7.57. The Bertz CT molecular complexity index is 1330. The number of aromatic nitrogens is 10. The van der Waals surface area contributed by atoms with Gasteiger partial charge < -0.3 is 4.57 Å². The zero-order valence-corrected chi connectivity index (χ0v) is 18.7. The van der Waals surface area contributed by atoms with Crippen LogP contribution in [0.25, 0.3) is 34.0 Å². The molecule has 0 unspecified atom stereocenters. The molecule has 0 aliphatic rings. The summed E-state index contributed by atoms with van der Waals surface area (Å²) in [5.41, 5.74) is 4.66. The van der Waals surface area contributed by atoms with Gasteiger partial charge >= 0.3 is 0 Å². The van der Waals surface area contributed by atoms with Gasteiger partial charge in [0.25, 0.3) is 0 Å². The Kier molecular flexibility index (Phi) is 5.90. The highest BCUT2D eigenvalue weighted by atomic mass is 35.5. The van der Waals surface area contributed by atoms with Crippen LogP contribution < -0.4 is 0 Å². The summed E-state index contributed by atoms with van der Waals surface area (Å²) >= 11 is 6.52. The number of H-pyrrole nitrogens is 2. The van der Waals surface area contributed by atoms with Crippen LogP contribution in [0.3, 0.4) is 0 Å². The number of nitrogens with one attached hydrogen (secondary N) is 2. The van der Waals surface area contributed by atoms with E-state index in [0.29, 0.717) is 29.0 Å². The van der Waals surface area contributed by atoms with Gasteiger partial charge in [0.05, 0.1) is 0 Å². The summed E-state index contributed by atoms with van der Waals surface area (Å²) in [6.45, 7) is 2.68. The second-order valence-corrected chi connectivity index (χ2v) is 7.93. The average Bonchev–Trinajstić information content (AvgIpc) is 3.61. The first-order valence-electron chi connectivity index (χ1n) is 10.7. The lowest BCUT2D eigenvalue weighted by molar-refractivity contribution is 0.680. The fourth-order valence-corrected chi connectivity index (χ4v) is 4.12. The maximum atomic E-state index is 6.52. The van der Waals surface area contributed by atoms with Crippen LogP contribution in [0.4, 0.5) is 0 Å². The molecule has 2 aromatic carbocycles. The summed E-state index contributed by atoms with van der Waals surface area (Å²) in [4.78, 5) is 4.60. The van der Waals surface area contributed by atoms with Gasteiger partial charge in [0, 0.05) is 18.5 Å². The Morgan fingerprint density at radius 2 is 1.67 bits per heavy atom. The lowest BCUT2D eigenvalue weighted by Crippen LogP contribution is -2.08. The maximum Gasteiger partial charge on any atom is 0.224 e. The van der Waals surface area contributed by atoms with Crippen LogP contribution in [0.1, 0.15) is 31.2 Å². The molecule has 3 aromatic heterocycles. The zero-order chi connectivity index (χ0) is 22.6. The van der Waals surface area contributed by atoms with Gasteiger partial charge in [-0.2, -0.15) is 10.4 Å². The molecule has 0 aliphatic carbocycles. The van der Waals surface area contributed by atoms with E-state index in [-0.39, 0.29) is 0 Å². The molecule has 0 bridgehead atoms. The number of benzene rings is 2. The predicted molar refractivity (Wildman–Crippen MR) is 123 cm³/mol. The standard InChI is InChI=1S/C22H21ClN10/c1-2-3-9-18-24-20(23)19(22-27-31-32-28-22)33(18)13-14-10-11-16(15-7-5-4-6-8-15)17(12-14)21-25-29-30-26-21/h4-8,10-12H,2-3,9,13H2,1H3,(H,25,26,29,30)(H,27,28,31,32). The van der Waals surface area contributed by atoms with Crippen molar-refractivity contribution >= 4 is 11.6 Å². The van der Waals surface area contributed by atoms with E-state index in [0.717, 1.165) is 47.3 Å². The molecule has 3 heterocycles. The minimum absolute atomic E-state index is 0.363. The Balaban J connectivity index is 1.59. The van der Waals surface area contributed by atoms with E-state index in [1.807, 2.05) is 18.2 Å². The van der Waals surface area contributed by atoms with Crippen molar-refractivity contribution in [1.29, 1.82) is 0 Å². The molecule has 5 aromatic rings. The largest absolute Gasteiger partial charge is 0.319 e. The molecule has 0 radical (unpaired) electrons. The summed E-state index contributed by atoms with van der Waals surface area (Å²) in [7, 11) is 0. The molecule has 11 heteroatoms. The molecule has 0 saturated heterocycles. The van der Waals surface area contributed by atoms with Gasteiger partial charge in [-0.05, 0) is 39.6 Å². The van der Waals surface area contributed by atoms with E-state index < -0.39 is 0 Å². The Hall–Kier alpha value is -3.92. The lowest BCUT2D eigenvalue weighted by Gasteiger charge is -2.13. The number of aromatic amines is 2. The van der Waals surface area contributed by atoms with Gasteiger partial charge in [0.1, 0.15) is 11.5 Å². The fraction of sp³-hybridized carbons (Fsp3) is 0.227. The first-order chi connectivity index (χ1) is 16.2. The minimum Gasteiger partial charge on any atom is -0.319 e. The molecule has 2 N–H and O–H groups in total. The van der Waals surface area contributed by atoms with E-state index in [1.54, 1.807) is 0 Å². The number of halogens is 1. The van der Waals surface area contributed by atoms with Gasteiger partial charge in [0.15, 0.2) is 5.15 Å². The van der Waals surface area contributed by atoms with Crippen molar-refractivity contribution in [3.63, 3.8) is 0 Å². The number of tetrazole rings is 2. The monoisotopic (exact) mass is 460 g/mol. The Labute approximate surface area is 194 Å². The molecule has 0 atom stereocenters. The number of aryl methyl sites for hydroxylation is 1. The second kappa shape index (κ2) is 9.29. The lowest BCUT2D eigenvalue weighted by atomic mass is 9.97. The van der Waals surface area contributed by atoms with Crippen LogP contribution in [0.15, 0.2) is 48.5 Å². The first-order valence-corrected chi connectivity index (χ1v) is 11.0. The highest BCUT2D eigenvalue weighted by Crippen LogP contribution is 2.32. The molecule has 0 fully saturated rings. The summed E-state index contributed by atoms with van der Waals surface area (Å²) in [6.07, 6.45) is 2.85. The number of rotatable bonds is 8. The van der Waals surface area contributed by atoms with Crippen molar-refractivity contribution in [3.8, 4) is 34.0 Å². The van der Waals surface area contributed by atoms with Gasteiger partial charge in [-0.25, -0.2) is 4.98 Å². The molecule has 33 heavy (non-hydrogen) atoms. The topological polar surface area (TPSA) is 127 Å². The van der Waals surface area contributed by atoms with Gasteiger partial charge in [-0.1, -0.05) is 67.4 Å². The van der Waals surface area contributed by atoms with Crippen molar-refractivity contribution in [1.82, 2.24) is 50.8 Å². The smallest absolute Gasteiger partial charge is 0.224 e. The summed E-state index contributed by atoms with van der Waals surface area (Å²) in [5, 5.41) is 29.5. The first kappa shape index (κ1) is 21.0. The number of imidazole rings is 1. The van der Waals surface area contributed by atoms with Gasteiger partial charge in [-0.15, -0.1) is 20.4 Å². The highest BCUT2D eigenvalue weighted by molar-refractivity contribution is 6.31. The summed E-state index contributed by atoms with van der Waals surface area (Å²) < 4.78 is 2.06. The predicted octanol–water partition coefficient (Wildman–Crippen LogP) is 3.95. The van der Waals surface area contributed by atoms with Crippen LogP contribution in [0.2, 0.25) is 5.15 Å². The number of nitrogens with zero attached hydrogens (tertiary/aromatic N) is 8. The Morgan fingerprint density at radius 3 is 2.36 bits per heavy atom. The molecule has 10 nitrogen and oxygen atoms in total. The van der Waals surface area contributed by atoms with Gasteiger partial charge in [-0.3, -0.25) is 0 Å². The minimum atomic E-state index is 0.363. The van der Waals surface area contributed by atoms with Crippen LogP contribution in [-0.4, -0.2) is 50.8 Å². The zero-order valence-electron chi connectivity index (χ0n) is 17.9. The fourth-order valence-electron chi connectivity index (χ4n) is 3.84.